The molecule has 90 valence electrons. The molecule has 0 saturated carbocycles. The molecule has 0 aliphatic carbocycles. The van der Waals surface area contributed by atoms with Gasteiger partial charge in [0, 0.05) is 37.1 Å². The highest BCUT2D eigenvalue weighted by molar-refractivity contribution is 6.31. The number of nitrogens with zero attached hydrogens (tertiary/aromatic N) is 3. The van der Waals surface area contributed by atoms with E-state index in [1.807, 2.05) is 19.2 Å². The van der Waals surface area contributed by atoms with Crippen LogP contribution in [0.4, 0.5) is 0 Å². The largest absolute Gasteiger partial charge is 0.388 e. The van der Waals surface area contributed by atoms with E-state index in [0.717, 1.165) is 17.7 Å². The number of aliphatic hydroxyl groups is 1. The zero-order chi connectivity index (χ0) is 12.3. The predicted octanol–water partition coefficient (Wildman–Crippen LogP) is 2.23. The molecule has 5 heteroatoms. The summed E-state index contributed by atoms with van der Waals surface area (Å²) in [6.45, 7) is 2.80. The van der Waals surface area contributed by atoms with Gasteiger partial charge in [0.25, 0.3) is 0 Å². The fourth-order valence-electron chi connectivity index (χ4n) is 1.62. The number of halogens is 1. The van der Waals surface area contributed by atoms with Gasteiger partial charge in [-0.15, -0.1) is 0 Å². The van der Waals surface area contributed by atoms with E-state index < -0.39 is 6.10 Å². The zero-order valence-electron chi connectivity index (χ0n) is 9.55. The van der Waals surface area contributed by atoms with Gasteiger partial charge in [0.1, 0.15) is 0 Å². The molecule has 2 heterocycles. The molecule has 0 amide bonds. The van der Waals surface area contributed by atoms with Crippen LogP contribution in [0.5, 0.6) is 0 Å². The molecule has 2 rings (SSSR count). The van der Waals surface area contributed by atoms with Crippen molar-refractivity contribution in [1.29, 1.82) is 0 Å². The highest BCUT2D eigenvalue weighted by atomic mass is 35.5. The molecule has 1 atom stereocenters. The van der Waals surface area contributed by atoms with Gasteiger partial charge >= 0.3 is 0 Å². The first-order valence-corrected chi connectivity index (χ1v) is 5.87. The summed E-state index contributed by atoms with van der Waals surface area (Å²) in [5, 5.41) is 14.8. The first-order valence-electron chi connectivity index (χ1n) is 5.49. The SMILES string of the molecule is CCn1cc(C(O)Cc2ccncc2Cl)cn1. The monoisotopic (exact) mass is 251 g/mol. The second kappa shape index (κ2) is 5.29. The molecular formula is C12H14ClN3O. The van der Waals surface area contributed by atoms with E-state index >= 15 is 0 Å². The lowest BCUT2D eigenvalue weighted by molar-refractivity contribution is 0.178. The fraction of sp³-hybridized carbons (Fsp3) is 0.333. The molecule has 2 aromatic heterocycles. The third kappa shape index (κ3) is 2.84. The molecule has 0 bridgehead atoms. The van der Waals surface area contributed by atoms with Gasteiger partial charge in [0.2, 0.25) is 0 Å². The fourth-order valence-corrected chi connectivity index (χ4v) is 1.82. The van der Waals surface area contributed by atoms with Gasteiger partial charge in [-0.2, -0.15) is 5.10 Å². The number of aromatic nitrogens is 3. The maximum Gasteiger partial charge on any atom is 0.0861 e. The van der Waals surface area contributed by atoms with Crippen molar-refractivity contribution in [2.45, 2.75) is 26.0 Å². The van der Waals surface area contributed by atoms with Crippen LogP contribution in [-0.4, -0.2) is 19.9 Å². The average molecular weight is 252 g/mol. The second-order valence-electron chi connectivity index (χ2n) is 3.82. The van der Waals surface area contributed by atoms with Crippen molar-refractivity contribution in [3.63, 3.8) is 0 Å². The number of pyridine rings is 1. The van der Waals surface area contributed by atoms with Crippen LogP contribution in [-0.2, 0) is 13.0 Å². The topological polar surface area (TPSA) is 50.9 Å². The van der Waals surface area contributed by atoms with Crippen LogP contribution in [0.2, 0.25) is 5.02 Å². The van der Waals surface area contributed by atoms with Crippen molar-refractivity contribution in [1.82, 2.24) is 14.8 Å². The van der Waals surface area contributed by atoms with Crippen LogP contribution < -0.4 is 0 Å². The molecular weight excluding hydrogens is 238 g/mol. The second-order valence-corrected chi connectivity index (χ2v) is 4.22. The van der Waals surface area contributed by atoms with Crippen LogP contribution in [0.3, 0.4) is 0 Å². The standard InChI is InChI=1S/C12H14ClN3O/c1-2-16-8-10(6-15-16)12(17)5-9-3-4-14-7-11(9)13/h3-4,6-8,12,17H,2,5H2,1H3. The Morgan fingerprint density at radius 1 is 1.47 bits per heavy atom. The van der Waals surface area contributed by atoms with E-state index in [1.54, 1.807) is 23.3 Å². The third-order valence-electron chi connectivity index (χ3n) is 2.63. The van der Waals surface area contributed by atoms with Crippen LogP contribution in [0, 0.1) is 0 Å². The van der Waals surface area contributed by atoms with Gasteiger partial charge in [-0.3, -0.25) is 9.67 Å². The van der Waals surface area contributed by atoms with Crippen molar-refractivity contribution in [2.75, 3.05) is 0 Å². The Bertz CT molecular complexity index is 498. The number of rotatable bonds is 4. The lowest BCUT2D eigenvalue weighted by Crippen LogP contribution is -2.01. The molecule has 1 N–H and O–H groups in total. The Morgan fingerprint density at radius 2 is 2.29 bits per heavy atom. The predicted molar refractivity (Wildman–Crippen MR) is 65.8 cm³/mol. The molecule has 2 aromatic rings. The first-order chi connectivity index (χ1) is 8.20. The Balaban J connectivity index is 2.11. The van der Waals surface area contributed by atoms with Gasteiger partial charge in [-0.1, -0.05) is 11.6 Å². The van der Waals surface area contributed by atoms with Crippen LogP contribution in [0.25, 0.3) is 0 Å². The van der Waals surface area contributed by atoms with Gasteiger partial charge in [0.15, 0.2) is 0 Å². The van der Waals surface area contributed by atoms with Crippen molar-refractivity contribution >= 4 is 11.6 Å². The van der Waals surface area contributed by atoms with E-state index in [-0.39, 0.29) is 0 Å². The third-order valence-corrected chi connectivity index (χ3v) is 2.97. The van der Waals surface area contributed by atoms with E-state index in [0.29, 0.717) is 11.4 Å². The maximum absolute atomic E-state index is 10.1. The summed E-state index contributed by atoms with van der Waals surface area (Å²) in [6, 6.07) is 1.82. The van der Waals surface area contributed by atoms with Crippen molar-refractivity contribution in [3.8, 4) is 0 Å². The minimum atomic E-state index is -0.588. The molecule has 0 aliphatic heterocycles. The van der Waals surface area contributed by atoms with Gasteiger partial charge in [-0.05, 0) is 18.6 Å². The molecule has 0 aliphatic rings. The summed E-state index contributed by atoms with van der Waals surface area (Å²) in [5.74, 6) is 0. The Labute approximate surface area is 105 Å². The van der Waals surface area contributed by atoms with Gasteiger partial charge in [-0.25, -0.2) is 0 Å². The normalized spacial score (nSPS) is 12.6. The Hall–Kier alpha value is -1.39. The van der Waals surface area contributed by atoms with E-state index in [1.165, 1.54) is 0 Å². The molecule has 0 fully saturated rings. The first kappa shape index (κ1) is 12.1. The molecule has 17 heavy (non-hydrogen) atoms. The molecule has 0 aromatic carbocycles. The van der Waals surface area contributed by atoms with Crippen molar-refractivity contribution in [3.05, 3.63) is 47.0 Å². The van der Waals surface area contributed by atoms with Crippen LogP contribution in [0.15, 0.2) is 30.9 Å². The Kier molecular flexibility index (Phi) is 3.76. The van der Waals surface area contributed by atoms with Crippen LogP contribution in [0.1, 0.15) is 24.2 Å². The number of aliphatic hydroxyl groups excluding tert-OH is 1. The minimum absolute atomic E-state index is 0.469. The number of hydrogen-bond donors (Lipinski definition) is 1. The molecule has 4 nitrogen and oxygen atoms in total. The highest BCUT2D eigenvalue weighted by Gasteiger charge is 2.12. The molecule has 0 radical (unpaired) electrons. The summed E-state index contributed by atoms with van der Waals surface area (Å²) in [5.41, 5.74) is 1.69. The van der Waals surface area contributed by atoms with E-state index in [4.69, 9.17) is 11.6 Å². The Morgan fingerprint density at radius 3 is 2.94 bits per heavy atom. The van der Waals surface area contributed by atoms with E-state index in [9.17, 15) is 5.11 Å². The summed E-state index contributed by atoms with van der Waals surface area (Å²) in [6.07, 6.45) is 6.66. The summed E-state index contributed by atoms with van der Waals surface area (Å²) in [7, 11) is 0. The smallest absolute Gasteiger partial charge is 0.0861 e. The highest BCUT2D eigenvalue weighted by Crippen LogP contribution is 2.22. The minimum Gasteiger partial charge on any atom is -0.388 e. The lowest BCUT2D eigenvalue weighted by atomic mass is 10.1. The average Bonchev–Trinajstić information content (AvgIpc) is 2.81. The van der Waals surface area contributed by atoms with Crippen molar-refractivity contribution in [2.24, 2.45) is 0 Å². The molecule has 1 unspecified atom stereocenters. The van der Waals surface area contributed by atoms with E-state index in [2.05, 4.69) is 10.1 Å². The van der Waals surface area contributed by atoms with Crippen LogP contribution >= 0.6 is 11.6 Å². The molecule has 0 saturated heterocycles. The maximum atomic E-state index is 10.1. The molecule has 0 spiro atoms. The van der Waals surface area contributed by atoms with Gasteiger partial charge in [0.05, 0.1) is 17.3 Å². The number of hydrogen-bond acceptors (Lipinski definition) is 3. The lowest BCUT2D eigenvalue weighted by Gasteiger charge is -2.09. The number of aryl methyl sites for hydroxylation is 1. The van der Waals surface area contributed by atoms with Gasteiger partial charge < -0.3 is 5.11 Å². The zero-order valence-corrected chi connectivity index (χ0v) is 10.3. The summed E-state index contributed by atoms with van der Waals surface area (Å²) in [4.78, 5) is 3.91. The summed E-state index contributed by atoms with van der Waals surface area (Å²) < 4.78 is 1.78. The quantitative estimate of drug-likeness (QED) is 0.907. The van der Waals surface area contributed by atoms with Crippen molar-refractivity contribution < 1.29 is 5.11 Å². The summed E-state index contributed by atoms with van der Waals surface area (Å²) >= 11 is 5.99.